The molecule has 2 aromatic carbocycles. The molecule has 2 aliphatic rings. The SMILES string of the molecule is Cc1oc(-c2cccc3ccccc23)nc1CN1CCC(C(=O)NCCCN2C[C@H](C)C[C@H](C)C2)CC1. The molecular weight excluding hydrogens is 460 g/mol. The predicted molar refractivity (Wildman–Crippen MR) is 149 cm³/mol. The monoisotopic (exact) mass is 502 g/mol. The van der Waals surface area contributed by atoms with Crippen molar-refractivity contribution in [2.45, 2.75) is 53.0 Å². The van der Waals surface area contributed by atoms with Gasteiger partial charge >= 0.3 is 0 Å². The molecule has 0 unspecified atom stereocenters. The zero-order valence-corrected chi connectivity index (χ0v) is 22.7. The lowest BCUT2D eigenvalue weighted by atomic mass is 9.92. The highest BCUT2D eigenvalue weighted by molar-refractivity contribution is 5.94. The maximum Gasteiger partial charge on any atom is 0.227 e. The summed E-state index contributed by atoms with van der Waals surface area (Å²) >= 11 is 0. The van der Waals surface area contributed by atoms with E-state index < -0.39 is 0 Å². The summed E-state index contributed by atoms with van der Waals surface area (Å²) in [4.78, 5) is 22.6. The average molecular weight is 503 g/mol. The first kappa shape index (κ1) is 25.9. The van der Waals surface area contributed by atoms with Gasteiger partial charge < -0.3 is 14.6 Å². The Morgan fingerprint density at radius 2 is 1.76 bits per heavy atom. The number of likely N-dealkylation sites (tertiary alicyclic amines) is 2. The van der Waals surface area contributed by atoms with Crippen LogP contribution in [0.15, 0.2) is 46.9 Å². The van der Waals surface area contributed by atoms with Gasteiger partial charge in [-0.3, -0.25) is 9.69 Å². The quantitative estimate of drug-likeness (QED) is 0.412. The third kappa shape index (κ3) is 6.42. The second-order valence-corrected chi connectivity index (χ2v) is 11.4. The number of amides is 1. The van der Waals surface area contributed by atoms with E-state index >= 15 is 0 Å². The minimum Gasteiger partial charge on any atom is -0.441 e. The van der Waals surface area contributed by atoms with Gasteiger partial charge in [-0.25, -0.2) is 4.98 Å². The third-order valence-electron chi connectivity index (χ3n) is 8.14. The van der Waals surface area contributed by atoms with Crippen LogP contribution in [0.3, 0.4) is 0 Å². The summed E-state index contributed by atoms with van der Waals surface area (Å²) in [5.74, 6) is 3.49. The molecule has 2 aliphatic heterocycles. The highest BCUT2D eigenvalue weighted by Gasteiger charge is 2.26. The van der Waals surface area contributed by atoms with Gasteiger partial charge in [-0.05, 0) is 80.9 Å². The number of hydrogen-bond acceptors (Lipinski definition) is 5. The number of benzene rings is 2. The number of carbonyl (C=O) groups is 1. The molecule has 1 N–H and O–H groups in total. The topological polar surface area (TPSA) is 61.6 Å². The highest BCUT2D eigenvalue weighted by Crippen LogP contribution is 2.30. The number of rotatable bonds is 8. The summed E-state index contributed by atoms with van der Waals surface area (Å²) in [5, 5.41) is 5.56. The van der Waals surface area contributed by atoms with E-state index in [2.05, 4.69) is 71.4 Å². The van der Waals surface area contributed by atoms with Crippen molar-refractivity contribution >= 4 is 16.7 Å². The lowest BCUT2D eigenvalue weighted by molar-refractivity contribution is -0.126. The highest BCUT2D eigenvalue weighted by atomic mass is 16.4. The predicted octanol–water partition coefficient (Wildman–Crippen LogP) is 5.50. The minimum atomic E-state index is 0.121. The van der Waals surface area contributed by atoms with Gasteiger partial charge in [0, 0.05) is 37.7 Å². The fraction of sp³-hybridized carbons (Fsp3) is 0.548. The first-order valence-electron chi connectivity index (χ1n) is 14.1. The van der Waals surface area contributed by atoms with E-state index in [1.54, 1.807) is 0 Å². The second kappa shape index (κ2) is 11.8. The van der Waals surface area contributed by atoms with E-state index in [0.29, 0.717) is 5.89 Å². The molecule has 2 fully saturated rings. The van der Waals surface area contributed by atoms with Crippen LogP contribution in [0.4, 0.5) is 0 Å². The van der Waals surface area contributed by atoms with E-state index in [0.717, 1.165) is 86.2 Å². The molecule has 198 valence electrons. The van der Waals surface area contributed by atoms with Crippen LogP contribution < -0.4 is 5.32 Å². The number of carbonyl (C=O) groups excluding carboxylic acids is 1. The first-order chi connectivity index (χ1) is 18.0. The van der Waals surface area contributed by atoms with Crippen molar-refractivity contribution < 1.29 is 9.21 Å². The van der Waals surface area contributed by atoms with Crippen molar-refractivity contribution in [3.63, 3.8) is 0 Å². The van der Waals surface area contributed by atoms with Gasteiger partial charge in [-0.15, -0.1) is 0 Å². The molecule has 0 saturated carbocycles. The van der Waals surface area contributed by atoms with Crippen LogP contribution in [0.1, 0.15) is 51.0 Å². The fourth-order valence-electron chi connectivity index (χ4n) is 6.30. The minimum absolute atomic E-state index is 0.121. The number of aryl methyl sites for hydroxylation is 1. The fourth-order valence-corrected chi connectivity index (χ4v) is 6.30. The third-order valence-corrected chi connectivity index (χ3v) is 8.14. The Morgan fingerprint density at radius 3 is 2.54 bits per heavy atom. The first-order valence-corrected chi connectivity index (χ1v) is 14.1. The molecule has 0 aliphatic carbocycles. The van der Waals surface area contributed by atoms with Crippen molar-refractivity contribution in [3.05, 3.63) is 53.9 Å². The number of nitrogens with zero attached hydrogens (tertiary/aromatic N) is 3. The number of oxazole rings is 1. The van der Waals surface area contributed by atoms with Gasteiger partial charge in [0.2, 0.25) is 11.8 Å². The molecule has 6 heteroatoms. The van der Waals surface area contributed by atoms with Crippen molar-refractivity contribution in [3.8, 4) is 11.5 Å². The number of nitrogens with one attached hydrogen (secondary N) is 1. The molecule has 2 saturated heterocycles. The van der Waals surface area contributed by atoms with Gasteiger partial charge in [-0.1, -0.05) is 50.2 Å². The van der Waals surface area contributed by atoms with Crippen molar-refractivity contribution in [2.24, 2.45) is 17.8 Å². The molecule has 37 heavy (non-hydrogen) atoms. The summed E-state index contributed by atoms with van der Waals surface area (Å²) < 4.78 is 6.11. The van der Waals surface area contributed by atoms with Crippen LogP contribution >= 0.6 is 0 Å². The second-order valence-electron chi connectivity index (χ2n) is 11.4. The summed E-state index contributed by atoms with van der Waals surface area (Å²) in [6.45, 7) is 13.6. The van der Waals surface area contributed by atoms with Crippen LogP contribution in [0.5, 0.6) is 0 Å². The lowest BCUT2D eigenvalue weighted by Gasteiger charge is -2.35. The van der Waals surface area contributed by atoms with Crippen molar-refractivity contribution in [2.75, 3.05) is 39.3 Å². The maximum absolute atomic E-state index is 12.8. The summed E-state index contributed by atoms with van der Waals surface area (Å²) in [7, 11) is 0. The Bertz CT molecular complexity index is 1180. The van der Waals surface area contributed by atoms with Gasteiger partial charge in [0.1, 0.15) is 5.76 Å². The molecule has 6 nitrogen and oxygen atoms in total. The van der Waals surface area contributed by atoms with Crippen LogP contribution in [0.2, 0.25) is 0 Å². The number of fused-ring (bicyclic) bond motifs is 1. The standard InChI is InChI=1S/C31H42N4O2/c1-22-18-23(2)20-35(19-22)15-7-14-32-30(36)26-12-16-34(17-13-26)21-29-24(3)37-31(33-29)28-11-6-9-25-8-4-5-10-27(25)28/h4-6,8-11,22-23,26H,7,12-21H2,1-3H3,(H,32,36)/t22-,23+. The number of piperidine rings is 2. The average Bonchev–Trinajstić information content (AvgIpc) is 3.25. The van der Waals surface area contributed by atoms with E-state index in [9.17, 15) is 4.79 Å². The Kier molecular flexibility index (Phi) is 8.26. The maximum atomic E-state index is 12.8. The van der Waals surface area contributed by atoms with Crippen LogP contribution in [0.25, 0.3) is 22.2 Å². The zero-order valence-electron chi connectivity index (χ0n) is 22.7. The zero-order chi connectivity index (χ0) is 25.8. The molecule has 0 spiro atoms. The van der Waals surface area contributed by atoms with E-state index in [1.807, 2.05) is 6.92 Å². The molecule has 0 bridgehead atoms. The van der Waals surface area contributed by atoms with E-state index in [4.69, 9.17) is 9.40 Å². The van der Waals surface area contributed by atoms with Gasteiger partial charge in [0.05, 0.1) is 5.69 Å². The van der Waals surface area contributed by atoms with Crippen molar-refractivity contribution in [1.29, 1.82) is 0 Å². The number of aromatic nitrogens is 1. The lowest BCUT2D eigenvalue weighted by Crippen LogP contribution is -2.42. The molecule has 5 rings (SSSR count). The Morgan fingerprint density at radius 1 is 1.03 bits per heavy atom. The molecule has 1 aromatic heterocycles. The molecule has 0 radical (unpaired) electrons. The van der Waals surface area contributed by atoms with E-state index in [-0.39, 0.29) is 11.8 Å². The normalized spacial score (nSPS) is 21.9. The Hall–Kier alpha value is -2.70. The van der Waals surface area contributed by atoms with Gasteiger partial charge in [0.15, 0.2) is 0 Å². The smallest absolute Gasteiger partial charge is 0.227 e. The van der Waals surface area contributed by atoms with Crippen LogP contribution in [-0.2, 0) is 11.3 Å². The van der Waals surface area contributed by atoms with Crippen LogP contribution in [-0.4, -0.2) is 60.0 Å². The van der Waals surface area contributed by atoms with Crippen molar-refractivity contribution in [1.82, 2.24) is 20.1 Å². The van der Waals surface area contributed by atoms with Gasteiger partial charge in [-0.2, -0.15) is 0 Å². The van der Waals surface area contributed by atoms with Gasteiger partial charge in [0.25, 0.3) is 0 Å². The largest absolute Gasteiger partial charge is 0.441 e. The molecule has 3 heterocycles. The summed E-state index contributed by atoms with van der Waals surface area (Å²) in [5.41, 5.74) is 2.03. The van der Waals surface area contributed by atoms with Crippen LogP contribution in [0, 0.1) is 24.7 Å². The molecular formula is C31H42N4O2. The molecule has 1 amide bonds. The van der Waals surface area contributed by atoms with E-state index in [1.165, 1.54) is 24.9 Å². The summed E-state index contributed by atoms with van der Waals surface area (Å²) in [6, 6.07) is 14.6. The number of hydrogen-bond donors (Lipinski definition) is 1. The summed E-state index contributed by atoms with van der Waals surface area (Å²) in [6.07, 6.45) is 4.18. The molecule has 2 atom stereocenters. The molecule has 3 aromatic rings. The Labute approximate surface area is 221 Å². The Balaban J connectivity index is 1.08.